The number of rotatable bonds is 11. The number of carbonyl (C=O) groups excluding carboxylic acids is 1. The predicted molar refractivity (Wildman–Crippen MR) is 102 cm³/mol. The van der Waals surface area contributed by atoms with Gasteiger partial charge in [-0.25, -0.2) is 4.79 Å². The molecule has 6 nitrogen and oxygen atoms in total. The highest BCUT2D eigenvalue weighted by Gasteiger charge is 2.19. The molecule has 0 saturated heterocycles. The third kappa shape index (κ3) is 9.38. The number of amides is 2. The highest BCUT2D eigenvalue weighted by molar-refractivity contribution is 7.80. The largest absolute Gasteiger partial charge is 0.485 e. The molecule has 0 bridgehead atoms. The van der Waals surface area contributed by atoms with E-state index < -0.39 is 0 Å². The number of hydrogen-bond donors (Lipinski definition) is 1. The van der Waals surface area contributed by atoms with Gasteiger partial charge >= 0.3 is 6.03 Å². The lowest BCUT2D eigenvalue weighted by atomic mass is 10.1. The molecule has 1 unspecified atom stereocenters. The molecule has 1 atom stereocenters. The van der Waals surface area contributed by atoms with E-state index in [0.29, 0.717) is 44.4 Å². The number of nitrogens with one attached hydrogen (secondary N) is 1. The van der Waals surface area contributed by atoms with Gasteiger partial charge < -0.3 is 24.4 Å². The SMILES string of the molecule is COCCN(CCOC)C(=O)NC(COC(C)=S)Cc1ccccc1. The summed E-state index contributed by atoms with van der Waals surface area (Å²) in [6.45, 7) is 3.98. The Kier molecular flexibility index (Phi) is 10.8. The van der Waals surface area contributed by atoms with Gasteiger partial charge in [-0.2, -0.15) is 0 Å². The summed E-state index contributed by atoms with van der Waals surface area (Å²) >= 11 is 4.98. The molecule has 0 aliphatic heterocycles. The molecule has 1 N–H and O–H groups in total. The van der Waals surface area contributed by atoms with Crippen LogP contribution in [0.2, 0.25) is 0 Å². The molecule has 7 heteroatoms. The highest BCUT2D eigenvalue weighted by Crippen LogP contribution is 2.05. The minimum atomic E-state index is -0.180. The van der Waals surface area contributed by atoms with Crippen molar-refractivity contribution in [2.75, 3.05) is 47.1 Å². The Morgan fingerprint density at radius 2 is 1.76 bits per heavy atom. The first kappa shape index (κ1) is 21.3. The molecule has 0 aromatic heterocycles. The lowest BCUT2D eigenvalue weighted by molar-refractivity contribution is 0.119. The Balaban J connectivity index is 2.70. The number of hydrogen-bond acceptors (Lipinski definition) is 5. The van der Waals surface area contributed by atoms with Crippen LogP contribution in [0.1, 0.15) is 12.5 Å². The van der Waals surface area contributed by atoms with Crippen molar-refractivity contribution in [1.29, 1.82) is 0 Å². The van der Waals surface area contributed by atoms with Crippen LogP contribution in [0, 0.1) is 0 Å². The summed E-state index contributed by atoms with van der Waals surface area (Å²) < 4.78 is 15.6. The quantitative estimate of drug-likeness (QED) is 0.607. The van der Waals surface area contributed by atoms with Gasteiger partial charge in [0.15, 0.2) is 5.05 Å². The summed E-state index contributed by atoms with van der Waals surface area (Å²) in [5.41, 5.74) is 1.12. The van der Waals surface area contributed by atoms with Crippen molar-refractivity contribution in [1.82, 2.24) is 10.2 Å². The van der Waals surface area contributed by atoms with E-state index in [-0.39, 0.29) is 12.1 Å². The number of nitrogens with zero attached hydrogens (tertiary/aromatic N) is 1. The average Bonchev–Trinajstić information content (AvgIpc) is 2.60. The van der Waals surface area contributed by atoms with Gasteiger partial charge in [-0.1, -0.05) is 30.3 Å². The molecule has 0 radical (unpaired) electrons. The topological polar surface area (TPSA) is 60.0 Å². The van der Waals surface area contributed by atoms with Crippen molar-refractivity contribution in [3.8, 4) is 0 Å². The molecule has 0 saturated carbocycles. The van der Waals surface area contributed by atoms with E-state index in [1.54, 1.807) is 26.0 Å². The van der Waals surface area contributed by atoms with Crippen LogP contribution in [0.5, 0.6) is 0 Å². The van der Waals surface area contributed by atoms with Crippen molar-refractivity contribution in [3.05, 3.63) is 35.9 Å². The lowest BCUT2D eigenvalue weighted by Crippen LogP contribution is -2.49. The van der Waals surface area contributed by atoms with Crippen LogP contribution >= 0.6 is 12.2 Å². The summed E-state index contributed by atoms with van der Waals surface area (Å²) in [6.07, 6.45) is 0.664. The Morgan fingerprint density at radius 3 is 2.28 bits per heavy atom. The van der Waals surface area contributed by atoms with Crippen LogP contribution < -0.4 is 5.32 Å². The fourth-order valence-corrected chi connectivity index (χ4v) is 2.32. The van der Waals surface area contributed by atoms with Crippen molar-refractivity contribution in [3.63, 3.8) is 0 Å². The summed E-state index contributed by atoms with van der Waals surface area (Å²) in [6, 6.07) is 9.62. The highest BCUT2D eigenvalue weighted by atomic mass is 32.1. The van der Waals surface area contributed by atoms with Crippen LogP contribution in [0.15, 0.2) is 30.3 Å². The second-order valence-electron chi connectivity index (χ2n) is 5.61. The summed E-state index contributed by atoms with van der Waals surface area (Å²) in [5.74, 6) is 0. The Hall–Kier alpha value is -1.70. The molecule has 2 amide bonds. The molecule has 1 aromatic rings. The van der Waals surface area contributed by atoms with Crippen LogP contribution in [-0.2, 0) is 20.6 Å². The van der Waals surface area contributed by atoms with Gasteiger partial charge in [0.1, 0.15) is 6.61 Å². The minimum Gasteiger partial charge on any atom is -0.485 e. The van der Waals surface area contributed by atoms with Gasteiger partial charge in [0.25, 0.3) is 0 Å². The van der Waals surface area contributed by atoms with E-state index in [2.05, 4.69) is 5.32 Å². The van der Waals surface area contributed by atoms with Gasteiger partial charge in [-0.05, 0) is 24.2 Å². The second-order valence-corrected chi connectivity index (χ2v) is 6.19. The van der Waals surface area contributed by atoms with Crippen molar-refractivity contribution in [2.45, 2.75) is 19.4 Å². The normalized spacial score (nSPS) is 11.6. The van der Waals surface area contributed by atoms with Gasteiger partial charge in [0.05, 0.1) is 19.3 Å². The maximum atomic E-state index is 12.6. The first-order valence-electron chi connectivity index (χ1n) is 8.27. The fourth-order valence-electron chi connectivity index (χ4n) is 2.25. The minimum absolute atomic E-state index is 0.166. The van der Waals surface area contributed by atoms with Gasteiger partial charge in [0.2, 0.25) is 0 Å². The number of ether oxygens (including phenoxy) is 3. The van der Waals surface area contributed by atoms with E-state index in [0.717, 1.165) is 5.56 Å². The molecule has 0 fully saturated rings. The molecule has 25 heavy (non-hydrogen) atoms. The van der Waals surface area contributed by atoms with Crippen molar-refractivity contribution in [2.24, 2.45) is 0 Å². The molecular weight excluding hydrogens is 340 g/mol. The zero-order chi connectivity index (χ0) is 18.5. The summed E-state index contributed by atoms with van der Waals surface area (Å²) in [7, 11) is 3.22. The molecule has 0 aliphatic carbocycles. The number of methoxy groups -OCH3 is 2. The van der Waals surface area contributed by atoms with Crippen molar-refractivity contribution < 1.29 is 19.0 Å². The van der Waals surface area contributed by atoms with E-state index in [1.165, 1.54) is 0 Å². The monoisotopic (exact) mass is 368 g/mol. The molecule has 1 aromatic carbocycles. The zero-order valence-corrected chi connectivity index (χ0v) is 16.0. The molecule has 0 spiro atoms. The maximum Gasteiger partial charge on any atom is 0.317 e. The third-order valence-corrected chi connectivity index (χ3v) is 3.68. The fraction of sp³-hybridized carbons (Fsp3) is 0.556. The van der Waals surface area contributed by atoms with E-state index in [1.807, 2.05) is 30.3 Å². The average molecular weight is 368 g/mol. The molecule has 1 rings (SSSR count). The molecule has 140 valence electrons. The standard InChI is InChI=1S/C18H28N2O4S/c1-15(25)24-14-17(13-16-7-5-4-6-8-16)19-18(21)20(9-11-22-2)10-12-23-3/h4-8,17H,9-14H2,1-3H3,(H,19,21). The van der Waals surface area contributed by atoms with E-state index >= 15 is 0 Å². The predicted octanol–water partition coefficient (Wildman–Crippen LogP) is 2.27. The summed E-state index contributed by atoms with van der Waals surface area (Å²) in [4.78, 5) is 14.3. The Morgan fingerprint density at radius 1 is 1.16 bits per heavy atom. The lowest BCUT2D eigenvalue weighted by Gasteiger charge is -2.26. The second kappa shape index (κ2) is 12.6. The first-order chi connectivity index (χ1) is 12.1. The van der Waals surface area contributed by atoms with Crippen molar-refractivity contribution >= 4 is 23.3 Å². The van der Waals surface area contributed by atoms with Crippen LogP contribution in [-0.4, -0.2) is 69.2 Å². The smallest absolute Gasteiger partial charge is 0.317 e. The Labute approximate surface area is 155 Å². The van der Waals surface area contributed by atoms with Gasteiger partial charge in [-0.3, -0.25) is 0 Å². The first-order valence-corrected chi connectivity index (χ1v) is 8.68. The summed E-state index contributed by atoms with van der Waals surface area (Å²) in [5, 5.41) is 3.49. The third-order valence-electron chi connectivity index (χ3n) is 3.56. The number of carbonyl (C=O) groups is 1. The van der Waals surface area contributed by atoms with Gasteiger partial charge in [-0.15, -0.1) is 0 Å². The number of thiocarbonyl (C=S) groups is 1. The molecule has 0 aliphatic rings. The van der Waals surface area contributed by atoms with E-state index in [9.17, 15) is 4.79 Å². The zero-order valence-electron chi connectivity index (χ0n) is 15.2. The number of urea groups is 1. The molecular formula is C18H28N2O4S. The maximum absolute atomic E-state index is 12.6. The molecule has 0 heterocycles. The van der Waals surface area contributed by atoms with E-state index in [4.69, 9.17) is 26.4 Å². The van der Waals surface area contributed by atoms with Gasteiger partial charge in [0, 0.05) is 34.2 Å². The number of benzene rings is 1. The van der Waals surface area contributed by atoms with Crippen LogP contribution in [0.4, 0.5) is 4.79 Å². The van der Waals surface area contributed by atoms with Crippen LogP contribution in [0.3, 0.4) is 0 Å². The Bertz CT molecular complexity index is 505. The van der Waals surface area contributed by atoms with Crippen LogP contribution in [0.25, 0.3) is 0 Å².